The van der Waals surface area contributed by atoms with Crippen LogP contribution in [0.15, 0.2) is 42.7 Å². The summed E-state index contributed by atoms with van der Waals surface area (Å²) >= 11 is 0. The van der Waals surface area contributed by atoms with Gasteiger partial charge in [-0.1, -0.05) is 0 Å². The van der Waals surface area contributed by atoms with Gasteiger partial charge in [0.15, 0.2) is 0 Å². The number of hydrogen-bond acceptors (Lipinski definition) is 5. The second-order valence-corrected chi connectivity index (χ2v) is 7.77. The molecule has 0 spiro atoms. The number of halogens is 1. The Kier molecular flexibility index (Phi) is 4.78. The summed E-state index contributed by atoms with van der Waals surface area (Å²) in [5.74, 6) is -0.0964. The largest absolute Gasteiger partial charge is 0.488 e. The maximum Gasteiger partial charge on any atom is 0.252 e. The van der Waals surface area contributed by atoms with Gasteiger partial charge >= 0.3 is 0 Å². The van der Waals surface area contributed by atoms with Crippen LogP contribution in [0.5, 0.6) is 5.75 Å². The normalized spacial score (nSPS) is 21.4. The van der Waals surface area contributed by atoms with Crippen LogP contribution in [0.4, 0.5) is 10.1 Å². The Morgan fingerprint density at radius 3 is 2.97 bits per heavy atom. The highest BCUT2D eigenvalue weighted by Crippen LogP contribution is 2.41. The lowest BCUT2D eigenvalue weighted by Crippen LogP contribution is -2.24. The lowest BCUT2D eigenvalue weighted by Gasteiger charge is -2.29. The van der Waals surface area contributed by atoms with E-state index in [1.165, 1.54) is 12.3 Å². The smallest absolute Gasteiger partial charge is 0.252 e. The molecule has 2 aromatic heterocycles. The molecule has 4 heterocycles. The van der Waals surface area contributed by atoms with E-state index in [-0.39, 0.29) is 18.0 Å². The zero-order valence-corrected chi connectivity index (χ0v) is 16.5. The number of benzene rings is 1. The summed E-state index contributed by atoms with van der Waals surface area (Å²) in [6.45, 7) is 2.06. The van der Waals surface area contributed by atoms with Crippen molar-refractivity contribution in [3.05, 3.63) is 59.7 Å². The van der Waals surface area contributed by atoms with Crippen molar-refractivity contribution in [2.75, 3.05) is 24.7 Å². The van der Waals surface area contributed by atoms with Gasteiger partial charge in [0.1, 0.15) is 17.7 Å². The molecule has 0 bridgehead atoms. The number of rotatable bonds is 5. The third-order valence-electron chi connectivity index (χ3n) is 5.87. The minimum absolute atomic E-state index is 0.00895. The van der Waals surface area contributed by atoms with Gasteiger partial charge in [-0.25, -0.2) is 8.91 Å². The molecule has 2 aliphatic heterocycles. The van der Waals surface area contributed by atoms with Crippen molar-refractivity contribution in [1.29, 1.82) is 0 Å². The zero-order valence-electron chi connectivity index (χ0n) is 16.5. The van der Waals surface area contributed by atoms with E-state index in [1.807, 2.05) is 18.3 Å². The quantitative estimate of drug-likeness (QED) is 0.699. The minimum Gasteiger partial charge on any atom is -0.488 e. The summed E-state index contributed by atoms with van der Waals surface area (Å²) in [4.78, 5) is 14.0. The van der Waals surface area contributed by atoms with Crippen molar-refractivity contribution in [2.24, 2.45) is 5.73 Å². The number of carbonyl (C=O) groups excluding carboxylic acids is 1. The van der Waals surface area contributed by atoms with E-state index in [1.54, 1.807) is 16.6 Å². The van der Waals surface area contributed by atoms with Crippen molar-refractivity contribution >= 4 is 17.1 Å². The van der Waals surface area contributed by atoms with Gasteiger partial charge in [0.05, 0.1) is 36.5 Å². The Hall–Kier alpha value is -3.13. The molecule has 30 heavy (non-hydrogen) atoms. The molecular formula is C22H23FN4O3. The van der Waals surface area contributed by atoms with Crippen molar-refractivity contribution < 1.29 is 18.7 Å². The number of anilines is 1. The lowest BCUT2D eigenvalue weighted by atomic mass is 10.0. The fraction of sp³-hybridized carbons (Fsp3) is 0.364. The first kappa shape index (κ1) is 18.9. The van der Waals surface area contributed by atoms with Crippen LogP contribution in [0.1, 0.15) is 41.2 Å². The molecule has 0 radical (unpaired) electrons. The molecule has 2 fully saturated rings. The van der Waals surface area contributed by atoms with E-state index >= 15 is 0 Å². The highest BCUT2D eigenvalue weighted by molar-refractivity contribution is 5.99. The minimum atomic E-state index is -0.514. The number of primary amides is 1. The first-order valence-electron chi connectivity index (χ1n) is 10.2. The molecule has 1 unspecified atom stereocenters. The highest BCUT2D eigenvalue weighted by Gasteiger charge is 2.30. The van der Waals surface area contributed by atoms with Gasteiger partial charge in [-0.2, -0.15) is 5.10 Å². The van der Waals surface area contributed by atoms with E-state index in [2.05, 4.69) is 10.00 Å². The molecule has 0 aliphatic carbocycles. The number of carbonyl (C=O) groups is 1. The Morgan fingerprint density at radius 1 is 1.27 bits per heavy atom. The number of ether oxygens (including phenoxy) is 2. The topological polar surface area (TPSA) is 82.1 Å². The second kappa shape index (κ2) is 7.60. The molecular weight excluding hydrogens is 387 g/mol. The van der Waals surface area contributed by atoms with E-state index in [0.717, 1.165) is 37.1 Å². The van der Waals surface area contributed by atoms with Gasteiger partial charge in [0.25, 0.3) is 5.91 Å². The fourth-order valence-corrected chi connectivity index (χ4v) is 4.41. The molecule has 1 amide bonds. The van der Waals surface area contributed by atoms with Crippen LogP contribution in [0.25, 0.3) is 5.52 Å². The number of fused-ring (bicyclic) bond motifs is 1. The Labute approximate surface area is 173 Å². The van der Waals surface area contributed by atoms with Gasteiger partial charge in [-0.15, -0.1) is 0 Å². The average molecular weight is 410 g/mol. The van der Waals surface area contributed by atoms with Gasteiger partial charge in [-0.05, 0) is 43.2 Å². The third-order valence-corrected chi connectivity index (χ3v) is 5.87. The van der Waals surface area contributed by atoms with Crippen LogP contribution >= 0.6 is 0 Å². The number of hydrogen-bond donors (Lipinski definition) is 1. The van der Waals surface area contributed by atoms with Crippen LogP contribution in [-0.2, 0) is 4.74 Å². The number of aromatic nitrogens is 2. The van der Waals surface area contributed by atoms with Gasteiger partial charge in [0, 0.05) is 30.4 Å². The maximum absolute atomic E-state index is 14.2. The van der Waals surface area contributed by atoms with Crippen molar-refractivity contribution in [1.82, 2.24) is 9.61 Å². The van der Waals surface area contributed by atoms with Crippen molar-refractivity contribution in [3.8, 4) is 5.75 Å². The Balaban J connectivity index is 1.51. The molecule has 7 nitrogen and oxygen atoms in total. The van der Waals surface area contributed by atoms with Crippen LogP contribution < -0.4 is 15.4 Å². The number of nitrogens with zero attached hydrogens (tertiary/aromatic N) is 3. The van der Waals surface area contributed by atoms with Crippen LogP contribution in [0.3, 0.4) is 0 Å². The summed E-state index contributed by atoms with van der Waals surface area (Å²) in [5, 5.41) is 4.18. The van der Waals surface area contributed by atoms with Crippen molar-refractivity contribution in [2.45, 2.75) is 31.4 Å². The summed E-state index contributed by atoms with van der Waals surface area (Å²) in [5.41, 5.74) is 8.29. The summed E-state index contributed by atoms with van der Waals surface area (Å²) < 4.78 is 27.4. The molecule has 2 aliphatic rings. The molecule has 3 aromatic rings. The Bertz CT molecular complexity index is 1090. The monoisotopic (exact) mass is 410 g/mol. The first-order valence-corrected chi connectivity index (χ1v) is 10.2. The van der Waals surface area contributed by atoms with Gasteiger partial charge in [-0.3, -0.25) is 4.79 Å². The van der Waals surface area contributed by atoms with Gasteiger partial charge < -0.3 is 20.1 Å². The van der Waals surface area contributed by atoms with Gasteiger partial charge in [0.2, 0.25) is 0 Å². The first-order chi connectivity index (χ1) is 14.6. The van der Waals surface area contributed by atoms with E-state index in [0.29, 0.717) is 30.0 Å². The number of pyridine rings is 1. The highest BCUT2D eigenvalue weighted by atomic mass is 19.1. The van der Waals surface area contributed by atoms with Crippen LogP contribution in [-0.4, -0.2) is 41.4 Å². The zero-order chi connectivity index (χ0) is 20.7. The molecule has 1 aromatic carbocycles. The third kappa shape index (κ3) is 3.37. The van der Waals surface area contributed by atoms with Crippen LogP contribution in [0, 0.1) is 5.82 Å². The molecule has 2 saturated heterocycles. The van der Waals surface area contributed by atoms with E-state index < -0.39 is 5.91 Å². The standard InChI is InChI=1S/C22H23FN4O3/c23-14-3-4-21(30-16-6-9-29-13-16)17(10-14)19-2-1-7-26(19)15-5-8-27-20(11-15)18(12-25-27)22(24)28/h3-5,8,10-12,16,19H,1-2,6-7,9,13H2,(H2,24,28)/t16?,19-/m1/s1. The molecule has 2 atom stereocenters. The summed E-state index contributed by atoms with van der Waals surface area (Å²) in [6.07, 6.45) is 5.97. The average Bonchev–Trinajstić information content (AvgIpc) is 3.49. The number of nitrogens with two attached hydrogens (primary N) is 1. The predicted molar refractivity (Wildman–Crippen MR) is 109 cm³/mol. The SMILES string of the molecule is NC(=O)c1cnn2ccc(N3CCC[C@@H]3c3cc(F)ccc3OC3CCOC3)cc12. The number of amides is 1. The molecule has 2 N–H and O–H groups in total. The molecule has 0 saturated carbocycles. The summed E-state index contributed by atoms with van der Waals surface area (Å²) in [6, 6.07) is 8.56. The van der Waals surface area contributed by atoms with Crippen LogP contribution in [0.2, 0.25) is 0 Å². The molecule has 5 rings (SSSR count). The van der Waals surface area contributed by atoms with Crippen molar-refractivity contribution in [3.63, 3.8) is 0 Å². The fourth-order valence-electron chi connectivity index (χ4n) is 4.41. The maximum atomic E-state index is 14.2. The summed E-state index contributed by atoms with van der Waals surface area (Å²) in [7, 11) is 0. The molecule has 8 heteroatoms. The van der Waals surface area contributed by atoms with E-state index in [9.17, 15) is 9.18 Å². The second-order valence-electron chi connectivity index (χ2n) is 7.77. The predicted octanol–water partition coefficient (Wildman–Crippen LogP) is 3.08. The molecule has 156 valence electrons. The lowest BCUT2D eigenvalue weighted by molar-refractivity contribution is 0.100. The Morgan fingerprint density at radius 2 is 2.17 bits per heavy atom. The van der Waals surface area contributed by atoms with E-state index in [4.69, 9.17) is 15.2 Å².